The Morgan fingerprint density at radius 3 is 2.65 bits per heavy atom. The Kier molecular flexibility index (Phi) is 5.65. The van der Waals surface area contributed by atoms with Gasteiger partial charge in [0.2, 0.25) is 5.91 Å². The molecule has 1 aromatic carbocycles. The van der Waals surface area contributed by atoms with Crippen LogP contribution in [-0.2, 0) is 11.3 Å². The number of carbonyl (C=O) groups excluding carboxylic acids is 1. The van der Waals surface area contributed by atoms with Gasteiger partial charge >= 0.3 is 0 Å². The Bertz CT molecular complexity index is 684. The Morgan fingerprint density at radius 2 is 2.00 bits per heavy atom. The Hall–Kier alpha value is -1.50. The molecule has 1 amide bonds. The summed E-state index contributed by atoms with van der Waals surface area (Å²) in [6.45, 7) is 5.06. The number of aliphatic hydroxyl groups is 1. The highest BCUT2D eigenvalue weighted by Crippen LogP contribution is 2.39. The van der Waals surface area contributed by atoms with Crippen molar-refractivity contribution in [3.05, 3.63) is 22.7 Å². The fraction of sp³-hybridized carbons (Fsp3) is 0.632. The van der Waals surface area contributed by atoms with E-state index in [1.54, 1.807) is 21.1 Å². The second-order valence-corrected chi connectivity index (χ2v) is 7.65. The third kappa shape index (κ3) is 3.63. The molecule has 0 aliphatic carbocycles. The molecule has 0 bridgehead atoms. The van der Waals surface area contributed by atoms with Crippen molar-refractivity contribution in [1.29, 1.82) is 0 Å². The molecule has 2 aliphatic rings. The predicted molar refractivity (Wildman–Crippen MR) is 99.8 cm³/mol. The molecule has 0 radical (unpaired) electrons. The SMILES string of the molecule is COc1ccc(CN2CC[C@@]3(O)CCN(C(C)=O)C[C@H]3C2)c(Cl)c1OC. The van der Waals surface area contributed by atoms with Crippen molar-refractivity contribution < 1.29 is 19.4 Å². The predicted octanol–water partition coefficient (Wildman–Crippen LogP) is 2.16. The highest BCUT2D eigenvalue weighted by atomic mass is 35.5. The topological polar surface area (TPSA) is 62.2 Å². The van der Waals surface area contributed by atoms with Crippen molar-refractivity contribution >= 4 is 17.5 Å². The molecule has 1 N–H and O–H groups in total. The number of nitrogens with zero attached hydrogens (tertiary/aromatic N) is 2. The number of fused-ring (bicyclic) bond motifs is 1. The average Bonchev–Trinajstić information content (AvgIpc) is 2.62. The number of halogens is 1. The number of benzene rings is 1. The van der Waals surface area contributed by atoms with Crippen LogP contribution in [-0.4, -0.2) is 66.8 Å². The van der Waals surface area contributed by atoms with Crippen LogP contribution in [0.1, 0.15) is 25.3 Å². The Morgan fingerprint density at radius 1 is 1.27 bits per heavy atom. The second kappa shape index (κ2) is 7.62. The summed E-state index contributed by atoms with van der Waals surface area (Å²) in [6.07, 6.45) is 1.37. The molecule has 26 heavy (non-hydrogen) atoms. The van der Waals surface area contributed by atoms with Gasteiger partial charge in [0.1, 0.15) is 0 Å². The van der Waals surface area contributed by atoms with E-state index in [1.807, 2.05) is 17.0 Å². The number of hydrogen-bond acceptors (Lipinski definition) is 5. The molecular weight excluding hydrogens is 356 g/mol. The van der Waals surface area contributed by atoms with Crippen LogP contribution in [0, 0.1) is 5.92 Å². The molecule has 0 saturated carbocycles. The molecule has 2 fully saturated rings. The highest BCUT2D eigenvalue weighted by Gasteiger charge is 2.45. The van der Waals surface area contributed by atoms with Crippen molar-refractivity contribution in [3.8, 4) is 11.5 Å². The van der Waals surface area contributed by atoms with Crippen LogP contribution in [0.25, 0.3) is 0 Å². The van der Waals surface area contributed by atoms with Crippen LogP contribution in [0.4, 0.5) is 0 Å². The molecule has 7 heteroatoms. The van der Waals surface area contributed by atoms with Crippen LogP contribution in [0.2, 0.25) is 5.02 Å². The molecule has 0 aromatic heterocycles. The lowest BCUT2D eigenvalue weighted by Crippen LogP contribution is -2.60. The summed E-state index contributed by atoms with van der Waals surface area (Å²) in [5, 5.41) is 11.5. The number of rotatable bonds is 4. The second-order valence-electron chi connectivity index (χ2n) is 7.27. The first-order valence-electron chi connectivity index (χ1n) is 8.97. The van der Waals surface area contributed by atoms with Crippen molar-refractivity contribution in [3.63, 3.8) is 0 Å². The molecule has 0 unspecified atom stereocenters. The van der Waals surface area contributed by atoms with Gasteiger partial charge in [-0.25, -0.2) is 0 Å². The van der Waals surface area contributed by atoms with Crippen LogP contribution in [0.5, 0.6) is 11.5 Å². The first kappa shape index (κ1) is 19.3. The number of ether oxygens (including phenoxy) is 2. The van der Waals surface area contributed by atoms with E-state index in [4.69, 9.17) is 21.1 Å². The van der Waals surface area contributed by atoms with Crippen LogP contribution in [0.3, 0.4) is 0 Å². The van der Waals surface area contributed by atoms with Gasteiger partial charge in [0, 0.05) is 45.6 Å². The lowest BCUT2D eigenvalue weighted by molar-refractivity contribution is -0.145. The summed E-state index contributed by atoms with van der Waals surface area (Å²) in [7, 11) is 3.16. The van der Waals surface area contributed by atoms with Gasteiger partial charge < -0.3 is 19.5 Å². The summed E-state index contributed by atoms with van der Waals surface area (Å²) >= 11 is 6.51. The summed E-state index contributed by atoms with van der Waals surface area (Å²) in [5.74, 6) is 1.29. The van der Waals surface area contributed by atoms with Gasteiger partial charge in [0.15, 0.2) is 11.5 Å². The standard InChI is InChI=1S/C19H27ClN2O4/c1-13(23)22-9-7-19(24)6-8-21(11-15(19)12-22)10-14-4-5-16(25-2)18(26-3)17(14)20/h4-5,15,24H,6-12H2,1-3H3/t15-,19-/m1/s1. The van der Waals surface area contributed by atoms with Gasteiger partial charge in [-0.15, -0.1) is 0 Å². The van der Waals surface area contributed by atoms with E-state index in [-0.39, 0.29) is 11.8 Å². The zero-order valence-corrected chi connectivity index (χ0v) is 16.4. The number of hydrogen-bond donors (Lipinski definition) is 1. The first-order valence-corrected chi connectivity index (χ1v) is 9.35. The quantitative estimate of drug-likeness (QED) is 0.864. The molecule has 2 aliphatic heterocycles. The number of piperidine rings is 2. The summed E-state index contributed by atoms with van der Waals surface area (Å²) in [4.78, 5) is 15.8. The van der Waals surface area contributed by atoms with E-state index in [0.717, 1.165) is 18.7 Å². The van der Waals surface area contributed by atoms with Crippen LogP contribution in [0.15, 0.2) is 12.1 Å². The number of likely N-dealkylation sites (tertiary alicyclic amines) is 2. The van der Waals surface area contributed by atoms with E-state index in [1.165, 1.54) is 0 Å². The zero-order valence-electron chi connectivity index (χ0n) is 15.6. The minimum absolute atomic E-state index is 0.0628. The number of amides is 1. The monoisotopic (exact) mass is 382 g/mol. The maximum absolute atomic E-state index is 11.7. The maximum Gasteiger partial charge on any atom is 0.219 e. The average molecular weight is 383 g/mol. The van der Waals surface area contributed by atoms with Gasteiger partial charge in [0.25, 0.3) is 0 Å². The van der Waals surface area contributed by atoms with Gasteiger partial charge in [-0.05, 0) is 24.5 Å². The Labute approximate surface area is 159 Å². The van der Waals surface area contributed by atoms with E-state index in [0.29, 0.717) is 49.0 Å². The van der Waals surface area contributed by atoms with Gasteiger partial charge in [-0.1, -0.05) is 17.7 Å². The lowest BCUT2D eigenvalue weighted by Gasteiger charge is -2.50. The van der Waals surface area contributed by atoms with E-state index in [9.17, 15) is 9.90 Å². The number of methoxy groups -OCH3 is 2. The largest absolute Gasteiger partial charge is 0.493 e. The van der Waals surface area contributed by atoms with E-state index < -0.39 is 5.60 Å². The van der Waals surface area contributed by atoms with E-state index >= 15 is 0 Å². The minimum atomic E-state index is -0.663. The van der Waals surface area contributed by atoms with Gasteiger partial charge in [0.05, 0.1) is 24.8 Å². The molecule has 1 aromatic rings. The molecule has 144 valence electrons. The summed E-state index contributed by atoms with van der Waals surface area (Å²) in [6, 6.07) is 3.81. The molecule has 6 nitrogen and oxygen atoms in total. The fourth-order valence-corrected chi connectivity index (χ4v) is 4.39. The third-order valence-corrected chi connectivity index (χ3v) is 6.17. The third-order valence-electron chi connectivity index (χ3n) is 5.76. The highest BCUT2D eigenvalue weighted by molar-refractivity contribution is 6.33. The Balaban J connectivity index is 1.73. The molecule has 3 rings (SSSR count). The maximum atomic E-state index is 11.7. The smallest absolute Gasteiger partial charge is 0.219 e. The first-order chi connectivity index (χ1) is 12.4. The molecule has 2 saturated heterocycles. The van der Waals surface area contributed by atoms with Crippen molar-refractivity contribution in [2.75, 3.05) is 40.4 Å². The lowest BCUT2D eigenvalue weighted by atomic mass is 9.75. The van der Waals surface area contributed by atoms with Gasteiger partial charge in [-0.2, -0.15) is 0 Å². The fourth-order valence-electron chi connectivity index (χ4n) is 4.09. The summed E-state index contributed by atoms with van der Waals surface area (Å²) in [5.41, 5.74) is 0.304. The van der Waals surface area contributed by atoms with Crippen molar-refractivity contribution in [2.24, 2.45) is 5.92 Å². The van der Waals surface area contributed by atoms with Crippen molar-refractivity contribution in [1.82, 2.24) is 9.80 Å². The summed E-state index contributed by atoms with van der Waals surface area (Å²) < 4.78 is 10.7. The normalized spacial score (nSPS) is 26.3. The molecule has 0 spiro atoms. The molecule has 2 atom stereocenters. The number of carbonyl (C=O) groups is 1. The van der Waals surface area contributed by atoms with Gasteiger partial charge in [-0.3, -0.25) is 9.69 Å². The van der Waals surface area contributed by atoms with E-state index in [2.05, 4.69) is 4.90 Å². The van der Waals surface area contributed by atoms with Crippen molar-refractivity contribution in [2.45, 2.75) is 31.9 Å². The van der Waals surface area contributed by atoms with Crippen LogP contribution >= 0.6 is 11.6 Å². The molecular formula is C19H27ClN2O4. The zero-order chi connectivity index (χ0) is 18.9. The minimum Gasteiger partial charge on any atom is -0.493 e. The van der Waals surface area contributed by atoms with Crippen LogP contribution < -0.4 is 9.47 Å². The molecule has 2 heterocycles.